The van der Waals surface area contributed by atoms with E-state index in [-0.39, 0.29) is 12.4 Å². The summed E-state index contributed by atoms with van der Waals surface area (Å²) >= 11 is 0. The number of hydrogen-bond donors (Lipinski definition) is 2. The van der Waals surface area contributed by atoms with Crippen LogP contribution in [0.3, 0.4) is 0 Å². The smallest absolute Gasteiger partial charge is 0.227 e. The molecule has 7 heteroatoms. The summed E-state index contributed by atoms with van der Waals surface area (Å²) in [6.45, 7) is 8.08. The van der Waals surface area contributed by atoms with E-state index < -0.39 is 0 Å². The number of halogens is 1. The molecule has 0 unspecified atom stereocenters. The number of anilines is 2. The lowest BCUT2D eigenvalue weighted by atomic mass is 10.1. The molecule has 0 saturated carbocycles. The van der Waals surface area contributed by atoms with Gasteiger partial charge in [-0.25, -0.2) is 14.4 Å². The van der Waals surface area contributed by atoms with E-state index in [2.05, 4.69) is 34.0 Å². The molecule has 1 aromatic heterocycles. The lowest BCUT2D eigenvalue weighted by molar-refractivity contribution is 0.223. The third-order valence-electron chi connectivity index (χ3n) is 4.94. The Kier molecular flexibility index (Phi) is 7.70. The highest BCUT2D eigenvalue weighted by atomic mass is 19.1. The molecule has 2 aromatic carbocycles. The van der Waals surface area contributed by atoms with Crippen molar-refractivity contribution in [1.29, 1.82) is 0 Å². The molecule has 30 heavy (non-hydrogen) atoms. The zero-order valence-electron chi connectivity index (χ0n) is 17.4. The highest BCUT2D eigenvalue weighted by molar-refractivity contribution is 5.63. The molecule has 6 nitrogen and oxygen atoms in total. The summed E-state index contributed by atoms with van der Waals surface area (Å²) < 4.78 is 19.7. The van der Waals surface area contributed by atoms with Crippen LogP contribution < -0.4 is 15.8 Å². The number of ether oxygens (including phenoxy) is 1. The first-order chi connectivity index (χ1) is 14.6. The van der Waals surface area contributed by atoms with Gasteiger partial charge in [0.2, 0.25) is 5.95 Å². The van der Waals surface area contributed by atoms with E-state index in [1.165, 1.54) is 6.07 Å². The molecule has 0 aliphatic carbocycles. The number of likely N-dealkylation sites (N-methyl/N-ethyl adjacent to an activating group) is 1. The van der Waals surface area contributed by atoms with Crippen molar-refractivity contribution in [2.45, 2.75) is 20.4 Å². The Hall–Kier alpha value is -3.03. The van der Waals surface area contributed by atoms with E-state index in [0.29, 0.717) is 23.7 Å². The standard InChI is InChI=1S/C23H28FN5O/c1-3-29(4-2)11-12-30-21-9-7-20(8-10-21)28-23-26-15-19(16-27-23)17-5-6-18(14-25)22(24)13-17/h5-10,13,15-16H,3-4,11-12,14,25H2,1-2H3,(H,26,27,28). The summed E-state index contributed by atoms with van der Waals surface area (Å²) in [5.74, 6) is 0.969. The van der Waals surface area contributed by atoms with Gasteiger partial charge in [0, 0.05) is 42.3 Å². The van der Waals surface area contributed by atoms with Gasteiger partial charge in [0.05, 0.1) is 0 Å². The Bertz CT molecular complexity index is 927. The fourth-order valence-electron chi connectivity index (χ4n) is 3.03. The molecule has 3 rings (SSSR count). The number of nitrogens with one attached hydrogen (secondary N) is 1. The molecule has 1 heterocycles. The van der Waals surface area contributed by atoms with E-state index in [1.807, 2.05) is 30.3 Å². The van der Waals surface area contributed by atoms with Gasteiger partial charge in [-0.15, -0.1) is 0 Å². The van der Waals surface area contributed by atoms with Gasteiger partial charge in [-0.05, 0) is 49.0 Å². The maximum atomic E-state index is 13.9. The molecule has 0 atom stereocenters. The summed E-state index contributed by atoms with van der Waals surface area (Å²) in [4.78, 5) is 11.0. The fourth-order valence-corrected chi connectivity index (χ4v) is 3.03. The first-order valence-electron chi connectivity index (χ1n) is 10.2. The Morgan fingerprint density at radius 1 is 1.00 bits per heavy atom. The number of nitrogens with zero attached hydrogens (tertiary/aromatic N) is 3. The molecule has 3 aromatic rings. The zero-order valence-corrected chi connectivity index (χ0v) is 17.4. The van der Waals surface area contributed by atoms with E-state index >= 15 is 0 Å². The predicted molar refractivity (Wildman–Crippen MR) is 118 cm³/mol. The average molecular weight is 410 g/mol. The Labute approximate surface area is 176 Å². The van der Waals surface area contributed by atoms with Crippen molar-refractivity contribution < 1.29 is 9.13 Å². The molecular weight excluding hydrogens is 381 g/mol. The highest BCUT2D eigenvalue weighted by Gasteiger charge is 2.06. The normalized spacial score (nSPS) is 11.0. The van der Waals surface area contributed by atoms with Gasteiger partial charge in [-0.2, -0.15) is 0 Å². The summed E-state index contributed by atoms with van der Waals surface area (Å²) in [5, 5.41) is 3.16. The molecule has 0 saturated heterocycles. The number of benzene rings is 2. The molecule has 0 bridgehead atoms. The summed E-state index contributed by atoms with van der Waals surface area (Å²) in [5.41, 5.74) is 8.30. The SMILES string of the molecule is CCN(CC)CCOc1ccc(Nc2ncc(-c3ccc(CN)c(F)c3)cn2)cc1. The Morgan fingerprint density at radius 2 is 1.70 bits per heavy atom. The van der Waals surface area contributed by atoms with Gasteiger partial charge in [-0.1, -0.05) is 26.0 Å². The maximum Gasteiger partial charge on any atom is 0.227 e. The van der Waals surface area contributed by atoms with Crippen molar-refractivity contribution in [3.8, 4) is 16.9 Å². The van der Waals surface area contributed by atoms with E-state index in [4.69, 9.17) is 10.5 Å². The second-order valence-electron chi connectivity index (χ2n) is 6.83. The molecule has 3 N–H and O–H groups in total. The van der Waals surface area contributed by atoms with Crippen LogP contribution in [0.4, 0.5) is 16.0 Å². The molecular formula is C23H28FN5O. The van der Waals surface area contributed by atoms with Gasteiger partial charge < -0.3 is 20.7 Å². The second-order valence-corrected chi connectivity index (χ2v) is 6.83. The minimum Gasteiger partial charge on any atom is -0.492 e. The van der Waals surface area contributed by atoms with Crippen molar-refractivity contribution in [2.75, 3.05) is 31.6 Å². The summed E-state index contributed by atoms with van der Waals surface area (Å²) in [6.07, 6.45) is 3.33. The molecule has 0 aliphatic heterocycles. The second kappa shape index (κ2) is 10.7. The molecule has 158 valence electrons. The fraction of sp³-hybridized carbons (Fsp3) is 0.304. The molecule has 0 aliphatic rings. The molecule has 0 spiro atoms. The van der Waals surface area contributed by atoms with Crippen LogP contribution in [0.5, 0.6) is 5.75 Å². The lowest BCUT2D eigenvalue weighted by Gasteiger charge is -2.18. The first-order valence-corrected chi connectivity index (χ1v) is 10.2. The van der Waals surface area contributed by atoms with Gasteiger partial charge in [0.25, 0.3) is 0 Å². The van der Waals surface area contributed by atoms with Crippen LogP contribution in [-0.4, -0.2) is 41.1 Å². The van der Waals surface area contributed by atoms with E-state index in [1.54, 1.807) is 18.5 Å². The van der Waals surface area contributed by atoms with Crippen LogP contribution >= 0.6 is 0 Å². The summed E-state index contributed by atoms with van der Waals surface area (Å²) in [7, 11) is 0. The average Bonchev–Trinajstić information content (AvgIpc) is 2.78. The van der Waals surface area contributed by atoms with Crippen LogP contribution in [0.2, 0.25) is 0 Å². The van der Waals surface area contributed by atoms with Gasteiger partial charge in [-0.3, -0.25) is 0 Å². The van der Waals surface area contributed by atoms with Gasteiger partial charge in [0.1, 0.15) is 18.2 Å². The number of rotatable bonds is 10. The highest BCUT2D eigenvalue weighted by Crippen LogP contribution is 2.22. The first kappa shape index (κ1) is 21.7. The van der Waals surface area contributed by atoms with Crippen LogP contribution in [0.1, 0.15) is 19.4 Å². The number of nitrogens with two attached hydrogens (primary N) is 1. The molecule has 0 fully saturated rings. The third-order valence-corrected chi connectivity index (χ3v) is 4.94. The minimum atomic E-state index is -0.323. The quantitative estimate of drug-likeness (QED) is 0.523. The topological polar surface area (TPSA) is 76.3 Å². The van der Waals surface area contributed by atoms with Gasteiger partial charge in [0.15, 0.2) is 0 Å². The van der Waals surface area contributed by atoms with Crippen molar-refractivity contribution >= 4 is 11.6 Å². The number of aromatic nitrogens is 2. The van der Waals surface area contributed by atoms with Crippen LogP contribution in [0, 0.1) is 5.82 Å². The zero-order chi connectivity index (χ0) is 21.3. The minimum absolute atomic E-state index is 0.172. The largest absolute Gasteiger partial charge is 0.492 e. The maximum absolute atomic E-state index is 13.9. The number of hydrogen-bond acceptors (Lipinski definition) is 6. The van der Waals surface area contributed by atoms with Crippen molar-refractivity contribution in [1.82, 2.24) is 14.9 Å². The monoisotopic (exact) mass is 409 g/mol. The molecule has 0 radical (unpaired) electrons. The van der Waals surface area contributed by atoms with E-state index in [9.17, 15) is 4.39 Å². The van der Waals surface area contributed by atoms with E-state index in [0.717, 1.165) is 36.6 Å². The van der Waals surface area contributed by atoms with Crippen LogP contribution in [0.25, 0.3) is 11.1 Å². The van der Waals surface area contributed by atoms with Crippen molar-refractivity contribution in [2.24, 2.45) is 5.73 Å². The summed E-state index contributed by atoms with van der Waals surface area (Å²) in [6, 6.07) is 12.6. The van der Waals surface area contributed by atoms with Crippen molar-refractivity contribution in [3.05, 3.63) is 66.2 Å². The third kappa shape index (κ3) is 5.75. The Balaban J connectivity index is 1.57. The Morgan fingerprint density at radius 3 is 2.30 bits per heavy atom. The van der Waals surface area contributed by atoms with Crippen LogP contribution in [0.15, 0.2) is 54.9 Å². The van der Waals surface area contributed by atoms with Gasteiger partial charge >= 0.3 is 0 Å². The molecule has 0 amide bonds. The predicted octanol–water partition coefficient (Wildman–Crippen LogP) is 4.21. The lowest BCUT2D eigenvalue weighted by Crippen LogP contribution is -2.27. The van der Waals surface area contributed by atoms with Crippen molar-refractivity contribution in [3.63, 3.8) is 0 Å². The van der Waals surface area contributed by atoms with Crippen LogP contribution in [-0.2, 0) is 6.54 Å².